The van der Waals surface area contributed by atoms with Crippen LogP contribution >= 0.6 is 11.8 Å². The number of carbonyl (C=O) groups is 2. The van der Waals surface area contributed by atoms with Crippen LogP contribution in [0.1, 0.15) is 62.9 Å². The number of carbonyl (C=O) groups excluding carboxylic acids is 2. The first kappa shape index (κ1) is 19.0. The van der Waals surface area contributed by atoms with Crippen molar-refractivity contribution in [3.05, 3.63) is 70.8 Å². The zero-order chi connectivity index (χ0) is 25.2. The van der Waals surface area contributed by atoms with Crippen molar-refractivity contribution in [1.82, 2.24) is 4.90 Å². The number of hydrogen-bond donors (Lipinski definition) is 0. The standard InChI is InChI=1S/C26H31NO4S/c1-18-13-20(24(28)30-2)9-10-22(18)23-16-26(14-21(15-26)32-3)11-12-27(23)25(29)31-17-19-7-5-4-6-8-19/h4-10,13,21,23H,11-12,14-17H2,1-3H3/t21?,23-,26?/m0/s1/i3D3. The Kier molecular flexibility index (Phi) is 5.70. The average Bonchev–Trinajstić information content (AvgIpc) is 2.80. The van der Waals surface area contributed by atoms with Gasteiger partial charge in [-0.15, -0.1) is 0 Å². The number of benzene rings is 2. The van der Waals surface area contributed by atoms with E-state index in [9.17, 15) is 9.59 Å². The van der Waals surface area contributed by atoms with Crippen molar-refractivity contribution in [2.75, 3.05) is 19.8 Å². The van der Waals surface area contributed by atoms with Crippen LogP contribution in [0.15, 0.2) is 48.5 Å². The molecule has 1 saturated carbocycles. The molecule has 0 bridgehead atoms. The third-order valence-corrected chi connectivity index (χ3v) is 7.53. The van der Waals surface area contributed by atoms with Crippen LogP contribution in [0.3, 0.4) is 0 Å². The molecule has 0 radical (unpaired) electrons. The maximum atomic E-state index is 13.2. The zero-order valence-corrected chi connectivity index (χ0v) is 19.3. The van der Waals surface area contributed by atoms with Crippen molar-refractivity contribution in [2.24, 2.45) is 5.41 Å². The molecule has 2 fully saturated rings. The first-order chi connectivity index (χ1) is 16.6. The molecule has 6 heteroatoms. The first-order valence-electron chi connectivity index (χ1n) is 12.4. The highest BCUT2D eigenvalue weighted by Gasteiger charge is 2.50. The molecule has 5 nitrogen and oxygen atoms in total. The molecule has 1 spiro atoms. The van der Waals surface area contributed by atoms with Gasteiger partial charge < -0.3 is 14.4 Å². The number of rotatable bonds is 5. The minimum atomic E-state index is -1.99. The molecule has 0 unspecified atom stereocenters. The maximum absolute atomic E-state index is 13.2. The van der Waals surface area contributed by atoms with E-state index in [1.165, 1.54) is 7.11 Å². The summed E-state index contributed by atoms with van der Waals surface area (Å²) in [5, 5.41) is 0.113. The van der Waals surface area contributed by atoms with Crippen LogP contribution in [0.5, 0.6) is 0 Å². The van der Waals surface area contributed by atoms with E-state index < -0.39 is 12.2 Å². The lowest BCUT2D eigenvalue weighted by atomic mass is 9.60. The molecule has 1 aliphatic heterocycles. The smallest absolute Gasteiger partial charge is 0.410 e. The largest absolute Gasteiger partial charge is 0.465 e. The average molecular weight is 457 g/mol. The lowest BCUT2D eigenvalue weighted by Gasteiger charge is -2.54. The molecule has 1 aliphatic carbocycles. The summed E-state index contributed by atoms with van der Waals surface area (Å²) in [5.41, 5.74) is 3.28. The second-order valence-corrected chi connectivity index (χ2v) is 9.82. The number of aryl methyl sites for hydroxylation is 1. The predicted molar refractivity (Wildman–Crippen MR) is 127 cm³/mol. The van der Waals surface area contributed by atoms with Gasteiger partial charge in [0.1, 0.15) is 6.61 Å². The van der Waals surface area contributed by atoms with Crippen LogP contribution in [0.25, 0.3) is 0 Å². The number of nitrogens with zero attached hydrogens (tertiary/aromatic N) is 1. The van der Waals surface area contributed by atoms with Crippen molar-refractivity contribution >= 4 is 23.8 Å². The number of ether oxygens (including phenoxy) is 2. The quantitative estimate of drug-likeness (QED) is 0.535. The van der Waals surface area contributed by atoms with E-state index in [0.717, 1.165) is 54.1 Å². The van der Waals surface area contributed by atoms with Gasteiger partial charge in [-0.05, 0) is 73.0 Å². The Hall–Kier alpha value is -2.47. The third kappa shape index (κ3) is 4.65. The van der Waals surface area contributed by atoms with E-state index in [1.807, 2.05) is 43.3 Å². The van der Waals surface area contributed by atoms with Gasteiger partial charge in [0, 0.05) is 15.9 Å². The highest BCUT2D eigenvalue weighted by molar-refractivity contribution is 7.99. The van der Waals surface area contributed by atoms with Crippen molar-refractivity contribution in [1.29, 1.82) is 0 Å². The zero-order valence-electron chi connectivity index (χ0n) is 21.5. The number of thioether (sulfide) groups is 1. The molecule has 0 N–H and O–H groups in total. The number of esters is 1. The Labute approximate surface area is 198 Å². The predicted octanol–water partition coefficient (Wildman–Crippen LogP) is 5.77. The van der Waals surface area contributed by atoms with Crippen molar-refractivity contribution in [2.45, 2.75) is 50.5 Å². The van der Waals surface area contributed by atoms with Crippen LogP contribution in [0, 0.1) is 12.3 Å². The Bertz CT molecular complexity index is 1070. The molecule has 1 heterocycles. The normalized spacial score (nSPS) is 26.4. The highest BCUT2D eigenvalue weighted by Crippen LogP contribution is 2.57. The van der Waals surface area contributed by atoms with E-state index in [4.69, 9.17) is 13.6 Å². The van der Waals surface area contributed by atoms with Crippen LogP contribution < -0.4 is 0 Å². The number of amides is 1. The molecule has 32 heavy (non-hydrogen) atoms. The summed E-state index contributed by atoms with van der Waals surface area (Å²) in [6, 6.07) is 14.8. The molecule has 2 aliphatic rings. The van der Waals surface area contributed by atoms with Gasteiger partial charge in [0.15, 0.2) is 0 Å². The van der Waals surface area contributed by atoms with E-state index >= 15 is 0 Å². The minimum absolute atomic E-state index is 0.0112. The van der Waals surface area contributed by atoms with Crippen LogP contribution in [-0.2, 0) is 16.1 Å². The number of piperidine rings is 1. The lowest BCUT2D eigenvalue weighted by molar-refractivity contribution is -0.00568. The second kappa shape index (κ2) is 9.57. The maximum Gasteiger partial charge on any atom is 0.410 e. The van der Waals surface area contributed by atoms with E-state index in [-0.39, 0.29) is 29.4 Å². The topological polar surface area (TPSA) is 55.8 Å². The summed E-state index contributed by atoms with van der Waals surface area (Å²) in [4.78, 5) is 27.0. The molecule has 170 valence electrons. The molecule has 4 rings (SSSR count). The van der Waals surface area contributed by atoms with Gasteiger partial charge in [0.2, 0.25) is 0 Å². The Morgan fingerprint density at radius 3 is 2.66 bits per heavy atom. The van der Waals surface area contributed by atoms with Crippen molar-refractivity contribution in [3.63, 3.8) is 0 Å². The number of likely N-dealkylation sites (tertiary alicyclic amines) is 1. The number of methoxy groups -OCH3 is 1. The van der Waals surface area contributed by atoms with Crippen LogP contribution in [-0.4, -0.2) is 42.1 Å². The highest BCUT2D eigenvalue weighted by atomic mass is 32.2. The van der Waals surface area contributed by atoms with Gasteiger partial charge in [-0.25, -0.2) is 9.59 Å². The lowest BCUT2D eigenvalue weighted by Crippen LogP contribution is -2.51. The summed E-state index contributed by atoms with van der Waals surface area (Å²) in [5.74, 6) is -0.401. The van der Waals surface area contributed by atoms with Crippen molar-refractivity contribution < 1.29 is 23.2 Å². The van der Waals surface area contributed by atoms with Crippen LogP contribution in [0.4, 0.5) is 4.79 Å². The molecular weight excluding hydrogens is 422 g/mol. The van der Waals surface area contributed by atoms with Gasteiger partial charge in [-0.3, -0.25) is 0 Å². The number of hydrogen-bond acceptors (Lipinski definition) is 5. The fourth-order valence-corrected chi connectivity index (χ4v) is 5.96. The monoisotopic (exact) mass is 456 g/mol. The summed E-state index contributed by atoms with van der Waals surface area (Å²) in [6.45, 7) is 2.68. The fourth-order valence-electron chi connectivity index (χ4n) is 5.09. The van der Waals surface area contributed by atoms with Crippen LogP contribution in [0.2, 0.25) is 0 Å². The van der Waals surface area contributed by atoms with E-state index in [1.54, 1.807) is 17.0 Å². The van der Waals surface area contributed by atoms with Gasteiger partial charge >= 0.3 is 12.1 Å². The summed E-state index contributed by atoms with van der Waals surface area (Å²) >= 11 is 1.08. The molecular formula is C26H31NO4S. The Balaban J connectivity index is 1.54. The van der Waals surface area contributed by atoms with Crippen molar-refractivity contribution in [3.8, 4) is 0 Å². The molecule has 2 aromatic rings. The van der Waals surface area contributed by atoms with Gasteiger partial charge in [0.25, 0.3) is 0 Å². The molecule has 1 saturated heterocycles. The second-order valence-electron chi connectivity index (χ2n) is 8.91. The van der Waals surface area contributed by atoms with Gasteiger partial charge in [0.05, 0.1) is 18.7 Å². The first-order valence-corrected chi connectivity index (χ1v) is 11.8. The van der Waals surface area contributed by atoms with Gasteiger partial charge in [-0.1, -0.05) is 36.4 Å². The summed E-state index contributed by atoms with van der Waals surface area (Å²) < 4.78 is 33.2. The minimum Gasteiger partial charge on any atom is -0.465 e. The summed E-state index contributed by atoms with van der Waals surface area (Å²) in [6.07, 6.45) is 0.870. The Morgan fingerprint density at radius 2 is 1.97 bits per heavy atom. The molecule has 0 aromatic heterocycles. The molecule has 1 amide bonds. The summed E-state index contributed by atoms with van der Waals surface area (Å²) in [7, 11) is 1.35. The fraction of sp³-hybridized carbons (Fsp3) is 0.462. The van der Waals surface area contributed by atoms with E-state index in [0.29, 0.717) is 12.1 Å². The molecule has 2 aromatic carbocycles. The molecule has 1 atom stereocenters. The Morgan fingerprint density at radius 1 is 1.19 bits per heavy atom. The SMILES string of the molecule is [2H]C([2H])([2H])SC1CC2(CCN(C(=O)OCc3ccccc3)[C@H](c3ccc(C(=O)OC)cc3C)C2)C1. The van der Waals surface area contributed by atoms with E-state index in [2.05, 4.69) is 0 Å². The third-order valence-electron chi connectivity index (χ3n) is 6.86. The van der Waals surface area contributed by atoms with Gasteiger partial charge in [-0.2, -0.15) is 11.8 Å².